The van der Waals surface area contributed by atoms with Gasteiger partial charge in [-0.3, -0.25) is 10.1 Å². The number of anilines is 1. The minimum atomic E-state index is -0.199. The van der Waals surface area contributed by atoms with Crippen molar-refractivity contribution >= 4 is 32.6 Å². The van der Waals surface area contributed by atoms with Crippen LogP contribution in [-0.4, -0.2) is 17.5 Å². The van der Waals surface area contributed by atoms with E-state index >= 15 is 0 Å². The Morgan fingerprint density at radius 1 is 1.19 bits per heavy atom. The molecular weight excluding hydrogens is 344 g/mol. The van der Waals surface area contributed by atoms with Crippen molar-refractivity contribution in [2.45, 2.75) is 40.5 Å². The van der Waals surface area contributed by atoms with Crippen LogP contribution in [0, 0.1) is 20.8 Å². The zero-order valence-corrected chi connectivity index (χ0v) is 16.7. The highest BCUT2D eigenvalue weighted by Crippen LogP contribution is 2.30. The van der Waals surface area contributed by atoms with E-state index in [1.54, 1.807) is 0 Å². The zero-order valence-electron chi connectivity index (χ0n) is 15.8. The van der Waals surface area contributed by atoms with Crippen molar-refractivity contribution in [3.63, 3.8) is 0 Å². The van der Waals surface area contributed by atoms with Crippen LogP contribution < -0.4 is 10.1 Å². The lowest BCUT2D eigenvalue weighted by Crippen LogP contribution is -2.20. The topological polar surface area (TPSA) is 51.2 Å². The number of hydrogen-bond acceptors (Lipinski definition) is 4. The number of nitrogens with zero attached hydrogens (tertiary/aromatic N) is 1. The summed E-state index contributed by atoms with van der Waals surface area (Å²) in [7, 11) is 0. The van der Waals surface area contributed by atoms with E-state index in [1.165, 1.54) is 16.9 Å². The van der Waals surface area contributed by atoms with Crippen LogP contribution >= 0.6 is 11.3 Å². The number of carbonyl (C=O) groups excluding carboxylic acids is 1. The largest absolute Gasteiger partial charge is 0.483 e. The Labute approximate surface area is 158 Å². The molecule has 0 aliphatic heterocycles. The maximum absolute atomic E-state index is 12.3. The summed E-state index contributed by atoms with van der Waals surface area (Å²) in [5.74, 6) is 0.907. The minimum Gasteiger partial charge on any atom is -0.483 e. The summed E-state index contributed by atoms with van der Waals surface area (Å²) >= 11 is 1.48. The normalized spacial score (nSPS) is 11.2. The SMILES string of the molecule is Cc1ccc(C(C)C)c(OCC(=O)Nc2nc3c(C)c(C)ccc3s2)c1. The second-order valence-corrected chi connectivity index (χ2v) is 7.94. The summed E-state index contributed by atoms with van der Waals surface area (Å²) in [5, 5.41) is 3.46. The number of aryl methyl sites for hydroxylation is 3. The third-order valence-electron chi connectivity index (χ3n) is 4.48. The highest BCUT2D eigenvalue weighted by molar-refractivity contribution is 7.22. The van der Waals surface area contributed by atoms with Gasteiger partial charge in [0, 0.05) is 0 Å². The molecule has 0 aliphatic carbocycles. The van der Waals surface area contributed by atoms with Crippen LogP contribution in [0.25, 0.3) is 10.2 Å². The summed E-state index contributed by atoms with van der Waals surface area (Å²) in [4.78, 5) is 16.9. The molecule has 26 heavy (non-hydrogen) atoms. The first-order valence-electron chi connectivity index (χ1n) is 8.75. The molecule has 0 spiro atoms. The van der Waals surface area contributed by atoms with Gasteiger partial charge in [0.25, 0.3) is 5.91 Å². The van der Waals surface area contributed by atoms with Gasteiger partial charge in [-0.1, -0.05) is 43.4 Å². The third-order valence-corrected chi connectivity index (χ3v) is 5.42. The number of hydrogen-bond donors (Lipinski definition) is 1. The molecule has 136 valence electrons. The Balaban J connectivity index is 1.70. The standard InChI is InChI=1S/C21H24N2O2S/c1-12(2)16-8-6-13(3)10-17(16)25-11-19(24)22-21-23-20-15(5)14(4)7-9-18(20)26-21/h6-10,12H,11H2,1-5H3,(H,22,23,24). The molecule has 1 N–H and O–H groups in total. The second kappa shape index (κ2) is 7.46. The second-order valence-electron chi connectivity index (χ2n) is 6.91. The number of nitrogens with one attached hydrogen (secondary N) is 1. The van der Waals surface area contributed by atoms with Gasteiger partial charge in [-0.2, -0.15) is 0 Å². The molecule has 1 heterocycles. The number of fused-ring (bicyclic) bond motifs is 1. The number of carbonyl (C=O) groups is 1. The average molecular weight is 369 g/mol. The maximum Gasteiger partial charge on any atom is 0.264 e. The van der Waals surface area contributed by atoms with E-state index in [4.69, 9.17) is 4.74 Å². The summed E-state index contributed by atoms with van der Waals surface area (Å²) in [6.45, 7) is 10.3. The number of rotatable bonds is 5. The predicted octanol–water partition coefficient (Wildman–Crippen LogP) is 5.36. The fraction of sp³-hybridized carbons (Fsp3) is 0.333. The van der Waals surface area contributed by atoms with Crippen LogP contribution in [0.1, 0.15) is 42.0 Å². The monoisotopic (exact) mass is 368 g/mol. The Morgan fingerprint density at radius 3 is 2.69 bits per heavy atom. The molecule has 0 aliphatic rings. The van der Waals surface area contributed by atoms with Gasteiger partial charge in [-0.15, -0.1) is 0 Å². The van der Waals surface area contributed by atoms with Crippen LogP contribution in [0.3, 0.4) is 0 Å². The molecule has 3 rings (SSSR count). The molecule has 1 aromatic heterocycles. The zero-order chi connectivity index (χ0) is 18.8. The lowest BCUT2D eigenvalue weighted by atomic mass is 10.0. The van der Waals surface area contributed by atoms with E-state index < -0.39 is 0 Å². The first kappa shape index (κ1) is 18.4. The van der Waals surface area contributed by atoms with Gasteiger partial charge in [0.15, 0.2) is 11.7 Å². The van der Waals surface area contributed by atoms with Crippen molar-refractivity contribution in [2.75, 3.05) is 11.9 Å². The first-order chi connectivity index (χ1) is 12.3. The van der Waals surface area contributed by atoms with Crippen molar-refractivity contribution in [3.8, 4) is 5.75 Å². The molecule has 0 bridgehead atoms. The van der Waals surface area contributed by atoms with E-state index in [1.807, 2.05) is 19.1 Å². The number of thiazole rings is 1. The Hall–Kier alpha value is -2.40. The maximum atomic E-state index is 12.3. The quantitative estimate of drug-likeness (QED) is 0.659. The Kier molecular flexibility index (Phi) is 5.28. The highest BCUT2D eigenvalue weighted by Gasteiger charge is 2.13. The first-order valence-corrected chi connectivity index (χ1v) is 9.56. The average Bonchev–Trinajstić information content (AvgIpc) is 2.99. The molecule has 3 aromatic rings. The molecule has 0 saturated heterocycles. The van der Waals surface area contributed by atoms with Crippen LogP contribution in [0.4, 0.5) is 5.13 Å². The van der Waals surface area contributed by atoms with Crippen LogP contribution in [-0.2, 0) is 4.79 Å². The Morgan fingerprint density at radius 2 is 1.96 bits per heavy atom. The number of amides is 1. The van der Waals surface area contributed by atoms with E-state index in [0.717, 1.165) is 32.7 Å². The van der Waals surface area contributed by atoms with Gasteiger partial charge in [-0.25, -0.2) is 4.98 Å². The van der Waals surface area contributed by atoms with Crippen molar-refractivity contribution in [1.29, 1.82) is 0 Å². The number of benzene rings is 2. The van der Waals surface area contributed by atoms with Crippen molar-refractivity contribution in [2.24, 2.45) is 0 Å². The third kappa shape index (κ3) is 3.88. The number of aromatic nitrogens is 1. The highest BCUT2D eigenvalue weighted by atomic mass is 32.1. The van der Waals surface area contributed by atoms with Gasteiger partial charge in [0.2, 0.25) is 0 Å². The summed E-state index contributed by atoms with van der Waals surface area (Å²) < 4.78 is 6.87. The lowest BCUT2D eigenvalue weighted by Gasteiger charge is -2.14. The van der Waals surface area contributed by atoms with Gasteiger partial charge < -0.3 is 4.74 Å². The van der Waals surface area contributed by atoms with Crippen molar-refractivity contribution in [3.05, 3.63) is 52.6 Å². The van der Waals surface area contributed by atoms with Gasteiger partial charge in [-0.05, 0) is 61.1 Å². The minimum absolute atomic E-state index is 0.0306. The van der Waals surface area contributed by atoms with Gasteiger partial charge in [0.05, 0.1) is 10.2 Å². The van der Waals surface area contributed by atoms with E-state index in [9.17, 15) is 4.79 Å². The molecular formula is C21H24N2O2S. The van der Waals surface area contributed by atoms with Crippen LogP contribution in [0.2, 0.25) is 0 Å². The van der Waals surface area contributed by atoms with E-state index in [0.29, 0.717) is 11.0 Å². The fourth-order valence-corrected chi connectivity index (χ4v) is 3.76. The lowest BCUT2D eigenvalue weighted by molar-refractivity contribution is -0.118. The molecule has 0 radical (unpaired) electrons. The molecule has 0 unspecified atom stereocenters. The van der Waals surface area contributed by atoms with Crippen LogP contribution in [0.15, 0.2) is 30.3 Å². The van der Waals surface area contributed by atoms with Crippen molar-refractivity contribution in [1.82, 2.24) is 4.98 Å². The Bertz CT molecular complexity index is 960. The fourth-order valence-electron chi connectivity index (χ4n) is 2.82. The molecule has 1 amide bonds. The predicted molar refractivity (Wildman–Crippen MR) is 108 cm³/mol. The van der Waals surface area contributed by atoms with Gasteiger partial charge >= 0.3 is 0 Å². The smallest absolute Gasteiger partial charge is 0.264 e. The number of ether oxygens (including phenoxy) is 1. The molecule has 0 fully saturated rings. The molecule has 0 atom stereocenters. The van der Waals surface area contributed by atoms with Gasteiger partial charge in [0.1, 0.15) is 5.75 Å². The van der Waals surface area contributed by atoms with E-state index in [-0.39, 0.29) is 12.5 Å². The van der Waals surface area contributed by atoms with E-state index in [2.05, 4.69) is 56.2 Å². The van der Waals surface area contributed by atoms with Crippen molar-refractivity contribution < 1.29 is 9.53 Å². The molecule has 0 saturated carbocycles. The summed E-state index contributed by atoms with van der Waals surface area (Å²) in [5.41, 5.74) is 5.52. The molecule has 5 heteroatoms. The summed E-state index contributed by atoms with van der Waals surface area (Å²) in [6.07, 6.45) is 0. The molecule has 2 aromatic carbocycles. The van der Waals surface area contributed by atoms with Crippen LogP contribution in [0.5, 0.6) is 5.75 Å². The molecule has 4 nitrogen and oxygen atoms in total. The summed E-state index contributed by atoms with van der Waals surface area (Å²) in [6, 6.07) is 10.2.